The molecule has 0 saturated heterocycles. The molecule has 0 aliphatic rings. The van der Waals surface area contributed by atoms with Crippen LogP contribution < -0.4 is 10.5 Å². The Morgan fingerprint density at radius 1 is 1.39 bits per heavy atom. The number of carbonyl (C=O) groups is 2. The largest absolute Gasteiger partial charge is 0.480 e. The van der Waals surface area contributed by atoms with E-state index in [1.54, 1.807) is 12.1 Å². The molecule has 0 radical (unpaired) electrons. The fourth-order valence-corrected chi connectivity index (χ4v) is 1.90. The summed E-state index contributed by atoms with van der Waals surface area (Å²) in [6.45, 7) is 5.66. The third kappa shape index (κ3) is 3.32. The quantitative estimate of drug-likeness (QED) is 0.785. The van der Waals surface area contributed by atoms with Crippen LogP contribution in [0.3, 0.4) is 0 Å². The van der Waals surface area contributed by atoms with Gasteiger partial charge in [0.1, 0.15) is 12.0 Å². The molecule has 0 aromatic heterocycles. The second kappa shape index (κ2) is 6.19. The molecule has 0 saturated carbocycles. The molecule has 4 heteroatoms. The Balaban J connectivity index is 3.02. The Labute approximate surface area is 107 Å². The van der Waals surface area contributed by atoms with Crippen molar-refractivity contribution in [2.24, 2.45) is 5.73 Å². The molecule has 1 aromatic carbocycles. The number of benzene rings is 1. The molecule has 0 aliphatic heterocycles. The monoisotopic (exact) mass is 249 g/mol. The van der Waals surface area contributed by atoms with Crippen molar-refractivity contribution in [3.8, 4) is 5.75 Å². The molecule has 1 rings (SSSR count). The molecule has 0 heterocycles. The molecular weight excluding hydrogens is 230 g/mol. The van der Waals surface area contributed by atoms with Gasteiger partial charge in [-0.25, -0.2) is 0 Å². The van der Waals surface area contributed by atoms with E-state index in [9.17, 15) is 9.59 Å². The minimum absolute atomic E-state index is 0.463. The topological polar surface area (TPSA) is 69.4 Å². The number of nitrogens with two attached hydrogens (primary N) is 1. The fourth-order valence-electron chi connectivity index (χ4n) is 1.90. The van der Waals surface area contributed by atoms with E-state index < -0.39 is 12.0 Å². The summed E-state index contributed by atoms with van der Waals surface area (Å²) < 4.78 is 5.69. The van der Waals surface area contributed by atoms with E-state index in [0.29, 0.717) is 17.7 Å². The number of hydrogen-bond acceptors (Lipinski definition) is 3. The summed E-state index contributed by atoms with van der Waals surface area (Å²) in [7, 11) is 0. The molecule has 1 atom stereocenters. The van der Waals surface area contributed by atoms with Gasteiger partial charge in [0, 0.05) is 5.56 Å². The van der Waals surface area contributed by atoms with Gasteiger partial charge in [0.25, 0.3) is 5.91 Å². The van der Waals surface area contributed by atoms with Crippen molar-refractivity contribution >= 4 is 12.2 Å². The lowest BCUT2D eigenvalue weighted by atomic mass is 10.1. The van der Waals surface area contributed by atoms with Crippen LogP contribution in [0.1, 0.15) is 41.3 Å². The van der Waals surface area contributed by atoms with Crippen molar-refractivity contribution in [1.82, 2.24) is 0 Å². The summed E-state index contributed by atoms with van der Waals surface area (Å²) in [5.41, 5.74) is 7.57. The van der Waals surface area contributed by atoms with Crippen LogP contribution in [0, 0.1) is 13.8 Å². The van der Waals surface area contributed by atoms with E-state index in [-0.39, 0.29) is 0 Å². The average molecular weight is 249 g/mol. The molecule has 1 amide bonds. The predicted molar refractivity (Wildman–Crippen MR) is 69.8 cm³/mol. The standard InChI is InChI=1S/C14H19NO3/c1-4-5-12(14(15)17)18-13-9(2)6-11(8-16)7-10(13)3/h6-8,12H,4-5H2,1-3H3,(H2,15,17). The van der Waals surface area contributed by atoms with Gasteiger partial charge in [-0.2, -0.15) is 0 Å². The van der Waals surface area contributed by atoms with Crippen molar-refractivity contribution in [3.63, 3.8) is 0 Å². The van der Waals surface area contributed by atoms with Crippen LogP contribution in [0.4, 0.5) is 0 Å². The molecule has 2 N–H and O–H groups in total. The Morgan fingerprint density at radius 2 is 1.94 bits per heavy atom. The highest BCUT2D eigenvalue weighted by atomic mass is 16.5. The summed E-state index contributed by atoms with van der Waals surface area (Å²) in [4.78, 5) is 22.0. The number of aldehydes is 1. The van der Waals surface area contributed by atoms with Crippen molar-refractivity contribution in [2.75, 3.05) is 0 Å². The van der Waals surface area contributed by atoms with Gasteiger partial charge in [-0.15, -0.1) is 0 Å². The maximum Gasteiger partial charge on any atom is 0.258 e. The smallest absolute Gasteiger partial charge is 0.258 e. The summed E-state index contributed by atoms with van der Waals surface area (Å²) in [5, 5.41) is 0. The first kappa shape index (κ1) is 14.2. The van der Waals surface area contributed by atoms with Gasteiger partial charge in [-0.05, 0) is 43.5 Å². The SMILES string of the molecule is CCCC(Oc1c(C)cc(C=O)cc1C)C(N)=O. The number of aryl methyl sites for hydroxylation is 2. The van der Waals surface area contributed by atoms with E-state index in [1.165, 1.54) is 0 Å². The van der Waals surface area contributed by atoms with Gasteiger partial charge in [0.2, 0.25) is 0 Å². The van der Waals surface area contributed by atoms with E-state index in [0.717, 1.165) is 23.8 Å². The second-order valence-electron chi connectivity index (χ2n) is 4.40. The average Bonchev–Trinajstić information content (AvgIpc) is 2.31. The van der Waals surface area contributed by atoms with E-state index in [4.69, 9.17) is 10.5 Å². The van der Waals surface area contributed by atoms with Crippen molar-refractivity contribution in [2.45, 2.75) is 39.7 Å². The highest BCUT2D eigenvalue weighted by molar-refractivity contribution is 5.79. The van der Waals surface area contributed by atoms with Crippen molar-refractivity contribution in [1.29, 1.82) is 0 Å². The zero-order valence-corrected chi connectivity index (χ0v) is 11.0. The van der Waals surface area contributed by atoms with E-state index in [2.05, 4.69) is 0 Å². The van der Waals surface area contributed by atoms with E-state index >= 15 is 0 Å². The summed E-state index contributed by atoms with van der Waals surface area (Å²) in [6, 6.07) is 3.47. The zero-order valence-electron chi connectivity index (χ0n) is 11.0. The van der Waals surface area contributed by atoms with Crippen LogP contribution in [0.2, 0.25) is 0 Å². The lowest BCUT2D eigenvalue weighted by molar-refractivity contribution is -0.125. The summed E-state index contributed by atoms with van der Waals surface area (Å²) in [6.07, 6.45) is 1.58. The molecule has 4 nitrogen and oxygen atoms in total. The second-order valence-corrected chi connectivity index (χ2v) is 4.40. The lowest BCUT2D eigenvalue weighted by Gasteiger charge is -2.19. The van der Waals surface area contributed by atoms with Crippen LogP contribution in [0.15, 0.2) is 12.1 Å². The maximum absolute atomic E-state index is 11.3. The summed E-state index contributed by atoms with van der Waals surface area (Å²) in [5.74, 6) is 0.174. The first-order valence-electron chi connectivity index (χ1n) is 6.02. The van der Waals surface area contributed by atoms with Gasteiger partial charge >= 0.3 is 0 Å². The Bertz CT molecular complexity index is 431. The third-order valence-electron chi connectivity index (χ3n) is 2.75. The molecule has 0 aliphatic carbocycles. The van der Waals surface area contributed by atoms with E-state index in [1.807, 2.05) is 20.8 Å². The first-order valence-corrected chi connectivity index (χ1v) is 6.02. The van der Waals surface area contributed by atoms with Crippen LogP contribution >= 0.6 is 0 Å². The minimum Gasteiger partial charge on any atom is -0.480 e. The van der Waals surface area contributed by atoms with Crippen molar-refractivity contribution in [3.05, 3.63) is 28.8 Å². The Hall–Kier alpha value is -1.84. The lowest BCUT2D eigenvalue weighted by Crippen LogP contribution is -2.33. The molecule has 18 heavy (non-hydrogen) atoms. The fraction of sp³-hybridized carbons (Fsp3) is 0.429. The Kier molecular flexibility index (Phi) is 4.89. The number of rotatable bonds is 6. The predicted octanol–water partition coefficient (Wildman–Crippen LogP) is 2.15. The molecule has 1 aromatic rings. The highest BCUT2D eigenvalue weighted by Crippen LogP contribution is 2.26. The molecule has 0 bridgehead atoms. The first-order chi connectivity index (χ1) is 8.49. The Morgan fingerprint density at radius 3 is 2.33 bits per heavy atom. The maximum atomic E-state index is 11.3. The molecule has 0 fully saturated rings. The van der Waals surface area contributed by atoms with Crippen LogP contribution in [0.5, 0.6) is 5.75 Å². The van der Waals surface area contributed by atoms with Gasteiger partial charge in [0.15, 0.2) is 6.10 Å². The van der Waals surface area contributed by atoms with Crippen LogP contribution in [-0.4, -0.2) is 18.3 Å². The highest BCUT2D eigenvalue weighted by Gasteiger charge is 2.18. The third-order valence-corrected chi connectivity index (χ3v) is 2.75. The number of amides is 1. The number of ether oxygens (including phenoxy) is 1. The number of carbonyl (C=O) groups excluding carboxylic acids is 2. The summed E-state index contributed by atoms with van der Waals surface area (Å²) >= 11 is 0. The van der Waals surface area contributed by atoms with Gasteiger partial charge in [-0.1, -0.05) is 13.3 Å². The molecular formula is C14H19NO3. The number of primary amides is 1. The zero-order chi connectivity index (χ0) is 13.7. The van der Waals surface area contributed by atoms with Crippen LogP contribution in [-0.2, 0) is 4.79 Å². The van der Waals surface area contributed by atoms with Crippen molar-refractivity contribution < 1.29 is 14.3 Å². The van der Waals surface area contributed by atoms with Crippen LogP contribution in [0.25, 0.3) is 0 Å². The molecule has 1 unspecified atom stereocenters. The van der Waals surface area contributed by atoms with Gasteiger partial charge in [-0.3, -0.25) is 9.59 Å². The normalized spacial score (nSPS) is 11.9. The molecule has 0 spiro atoms. The van der Waals surface area contributed by atoms with Gasteiger partial charge < -0.3 is 10.5 Å². The minimum atomic E-state index is -0.616. The van der Waals surface area contributed by atoms with Gasteiger partial charge in [0.05, 0.1) is 0 Å². The number of hydrogen-bond donors (Lipinski definition) is 1. The molecule has 98 valence electrons.